The van der Waals surface area contributed by atoms with Crippen molar-refractivity contribution in [1.82, 2.24) is 4.90 Å². The quantitative estimate of drug-likeness (QED) is 0.787. The SMILES string of the molecule is CC1CCN(CC2CCCC(F)C2)C(N)C1. The molecule has 0 spiro atoms. The van der Waals surface area contributed by atoms with Crippen molar-refractivity contribution in [3.63, 3.8) is 0 Å². The highest BCUT2D eigenvalue weighted by molar-refractivity contribution is 4.81. The van der Waals surface area contributed by atoms with Gasteiger partial charge in [0.15, 0.2) is 0 Å². The van der Waals surface area contributed by atoms with Crippen molar-refractivity contribution in [2.24, 2.45) is 17.6 Å². The fourth-order valence-electron chi connectivity index (χ4n) is 3.18. The first kappa shape index (κ1) is 12.3. The van der Waals surface area contributed by atoms with E-state index in [0.29, 0.717) is 5.92 Å². The molecule has 94 valence electrons. The molecule has 4 unspecified atom stereocenters. The zero-order valence-corrected chi connectivity index (χ0v) is 10.4. The Morgan fingerprint density at radius 3 is 2.75 bits per heavy atom. The van der Waals surface area contributed by atoms with Crippen LogP contribution in [0.15, 0.2) is 0 Å². The third-order valence-electron chi connectivity index (χ3n) is 4.23. The fraction of sp³-hybridized carbons (Fsp3) is 1.00. The molecule has 1 aliphatic carbocycles. The molecule has 1 saturated heterocycles. The molecular weight excluding hydrogens is 203 g/mol. The first-order chi connectivity index (χ1) is 7.65. The minimum absolute atomic E-state index is 0.212. The molecule has 4 atom stereocenters. The van der Waals surface area contributed by atoms with Crippen LogP contribution in [0.1, 0.15) is 45.4 Å². The third kappa shape index (κ3) is 3.17. The molecule has 3 heteroatoms. The van der Waals surface area contributed by atoms with Gasteiger partial charge >= 0.3 is 0 Å². The first-order valence-electron chi connectivity index (χ1n) is 6.79. The summed E-state index contributed by atoms with van der Waals surface area (Å²) in [4.78, 5) is 2.38. The summed E-state index contributed by atoms with van der Waals surface area (Å²) in [6.07, 6.45) is 5.80. The maximum atomic E-state index is 13.3. The van der Waals surface area contributed by atoms with Crippen LogP contribution in [-0.2, 0) is 0 Å². The molecule has 2 N–H and O–H groups in total. The van der Waals surface area contributed by atoms with Gasteiger partial charge in [-0.05, 0) is 50.5 Å². The van der Waals surface area contributed by atoms with E-state index in [4.69, 9.17) is 5.73 Å². The van der Waals surface area contributed by atoms with E-state index in [-0.39, 0.29) is 6.17 Å². The highest BCUT2D eigenvalue weighted by atomic mass is 19.1. The van der Waals surface area contributed by atoms with E-state index in [1.807, 2.05) is 0 Å². The number of rotatable bonds is 2. The second kappa shape index (κ2) is 5.46. The Balaban J connectivity index is 1.80. The lowest BCUT2D eigenvalue weighted by Crippen LogP contribution is -2.49. The van der Waals surface area contributed by atoms with Gasteiger partial charge < -0.3 is 5.73 Å². The molecule has 1 aliphatic heterocycles. The van der Waals surface area contributed by atoms with Crippen LogP contribution in [0, 0.1) is 11.8 Å². The van der Waals surface area contributed by atoms with E-state index in [9.17, 15) is 4.39 Å². The summed E-state index contributed by atoms with van der Waals surface area (Å²) < 4.78 is 13.3. The van der Waals surface area contributed by atoms with Gasteiger partial charge in [0, 0.05) is 6.54 Å². The summed E-state index contributed by atoms with van der Waals surface area (Å²) >= 11 is 0. The molecule has 0 radical (unpaired) electrons. The van der Waals surface area contributed by atoms with Crippen molar-refractivity contribution >= 4 is 0 Å². The summed E-state index contributed by atoms with van der Waals surface area (Å²) in [7, 11) is 0. The van der Waals surface area contributed by atoms with Gasteiger partial charge in [0.25, 0.3) is 0 Å². The van der Waals surface area contributed by atoms with Gasteiger partial charge in [-0.25, -0.2) is 4.39 Å². The highest BCUT2D eigenvalue weighted by Gasteiger charge is 2.28. The molecule has 1 heterocycles. The third-order valence-corrected chi connectivity index (χ3v) is 4.23. The van der Waals surface area contributed by atoms with Crippen molar-refractivity contribution in [3.8, 4) is 0 Å². The lowest BCUT2D eigenvalue weighted by Gasteiger charge is -2.39. The number of hydrogen-bond acceptors (Lipinski definition) is 2. The standard InChI is InChI=1S/C13H25FN2/c1-10-5-6-16(13(15)7-10)9-11-3-2-4-12(14)8-11/h10-13H,2-9,15H2,1H3. The second-order valence-electron chi connectivity index (χ2n) is 5.82. The topological polar surface area (TPSA) is 29.3 Å². The number of alkyl halides is 1. The smallest absolute Gasteiger partial charge is 0.100 e. The molecule has 2 aliphatic rings. The lowest BCUT2D eigenvalue weighted by atomic mass is 9.86. The Labute approximate surface area is 98.4 Å². The van der Waals surface area contributed by atoms with E-state index in [1.165, 1.54) is 12.8 Å². The summed E-state index contributed by atoms with van der Waals surface area (Å²) in [5.41, 5.74) is 6.15. The predicted octanol–water partition coefficient (Wildman–Crippen LogP) is 2.53. The second-order valence-corrected chi connectivity index (χ2v) is 5.82. The number of likely N-dealkylation sites (tertiary alicyclic amines) is 1. The van der Waals surface area contributed by atoms with E-state index in [0.717, 1.165) is 44.7 Å². The van der Waals surface area contributed by atoms with E-state index in [1.54, 1.807) is 0 Å². The van der Waals surface area contributed by atoms with Gasteiger partial charge in [0.1, 0.15) is 6.17 Å². The van der Waals surface area contributed by atoms with Crippen LogP contribution in [0.2, 0.25) is 0 Å². The molecule has 0 amide bonds. The average molecular weight is 228 g/mol. The Bertz CT molecular complexity index is 222. The summed E-state index contributed by atoms with van der Waals surface area (Å²) in [6, 6.07) is 0. The highest BCUT2D eigenvalue weighted by Crippen LogP contribution is 2.29. The van der Waals surface area contributed by atoms with E-state index >= 15 is 0 Å². The van der Waals surface area contributed by atoms with Crippen LogP contribution >= 0.6 is 0 Å². The van der Waals surface area contributed by atoms with Crippen LogP contribution in [0.5, 0.6) is 0 Å². The van der Waals surface area contributed by atoms with Crippen LogP contribution in [0.4, 0.5) is 4.39 Å². The van der Waals surface area contributed by atoms with Gasteiger partial charge in [-0.1, -0.05) is 13.3 Å². The van der Waals surface area contributed by atoms with Gasteiger partial charge in [-0.2, -0.15) is 0 Å². The Kier molecular flexibility index (Phi) is 4.20. The molecule has 0 aromatic carbocycles. The number of nitrogens with zero attached hydrogens (tertiary/aromatic N) is 1. The molecular formula is C13H25FN2. The largest absolute Gasteiger partial charge is 0.316 e. The van der Waals surface area contributed by atoms with Crippen molar-refractivity contribution in [2.45, 2.75) is 57.8 Å². The van der Waals surface area contributed by atoms with E-state index in [2.05, 4.69) is 11.8 Å². The molecule has 1 saturated carbocycles. The van der Waals surface area contributed by atoms with Gasteiger partial charge in [-0.3, -0.25) is 4.90 Å². The molecule has 2 rings (SSSR count). The van der Waals surface area contributed by atoms with Crippen LogP contribution in [0.3, 0.4) is 0 Å². The monoisotopic (exact) mass is 228 g/mol. The number of nitrogens with two attached hydrogens (primary N) is 1. The predicted molar refractivity (Wildman–Crippen MR) is 64.8 cm³/mol. The minimum Gasteiger partial charge on any atom is -0.316 e. The summed E-state index contributed by atoms with van der Waals surface area (Å²) in [6.45, 7) is 4.40. The summed E-state index contributed by atoms with van der Waals surface area (Å²) in [5.74, 6) is 1.30. The molecule has 0 bridgehead atoms. The normalized spacial score (nSPS) is 42.2. The van der Waals surface area contributed by atoms with Crippen molar-refractivity contribution in [3.05, 3.63) is 0 Å². The zero-order chi connectivity index (χ0) is 11.5. The Hall–Kier alpha value is -0.150. The Morgan fingerprint density at radius 1 is 1.25 bits per heavy atom. The zero-order valence-electron chi connectivity index (χ0n) is 10.4. The van der Waals surface area contributed by atoms with Crippen LogP contribution in [0.25, 0.3) is 0 Å². The van der Waals surface area contributed by atoms with Gasteiger partial charge in [0.2, 0.25) is 0 Å². The molecule has 16 heavy (non-hydrogen) atoms. The number of piperidine rings is 1. The number of halogens is 1. The average Bonchev–Trinajstić information content (AvgIpc) is 2.22. The molecule has 0 aromatic rings. The molecule has 2 fully saturated rings. The minimum atomic E-state index is -0.557. The Morgan fingerprint density at radius 2 is 2.06 bits per heavy atom. The van der Waals surface area contributed by atoms with Crippen molar-refractivity contribution < 1.29 is 4.39 Å². The van der Waals surface area contributed by atoms with Gasteiger partial charge in [0.05, 0.1) is 6.17 Å². The van der Waals surface area contributed by atoms with Crippen LogP contribution < -0.4 is 5.73 Å². The van der Waals surface area contributed by atoms with Crippen LogP contribution in [-0.4, -0.2) is 30.3 Å². The van der Waals surface area contributed by atoms with Crippen molar-refractivity contribution in [2.75, 3.05) is 13.1 Å². The van der Waals surface area contributed by atoms with Gasteiger partial charge in [-0.15, -0.1) is 0 Å². The molecule has 2 nitrogen and oxygen atoms in total. The maximum absolute atomic E-state index is 13.3. The van der Waals surface area contributed by atoms with Crippen molar-refractivity contribution in [1.29, 1.82) is 0 Å². The first-order valence-corrected chi connectivity index (χ1v) is 6.79. The summed E-state index contributed by atoms with van der Waals surface area (Å²) in [5, 5.41) is 0. The lowest BCUT2D eigenvalue weighted by molar-refractivity contribution is 0.0797. The van der Waals surface area contributed by atoms with E-state index < -0.39 is 6.17 Å². The fourth-order valence-corrected chi connectivity index (χ4v) is 3.18. The maximum Gasteiger partial charge on any atom is 0.100 e. The number of hydrogen-bond donors (Lipinski definition) is 1. The molecule has 0 aromatic heterocycles.